The van der Waals surface area contributed by atoms with Crippen molar-refractivity contribution in [1.29, 1.82) is 0 Å². The lowest BCUT2D eigenvalue weighted by molar-refractivity contribution is -0.117. The summed E-state index contributed by atoms with van der Waals surface area (Å²) < 4.78 is 19.4. The second-order valence-electron chi connectivity index (χ2n) is 7.94. The number of alkyl halides is 1. The van der Waals surface area contributed by atoms with Crippen molar-refractivity contribution in [2.45, 2.75) is 51.7 Å². The average Bonchev–Trinajstić information content (AvgIpc) is 3.45. The SMILES string of the molecule is Cc1ncnc(C)c1-c1cc(NC(=O)[C@@H]2C[C@H]2F)ccc1OC[C@H]1CCCCN1. The van der Waals surface area contributed by atoms with Crippen LogP contribution < -0.4 is 15.4 Å². The van der Waals surface area contributed by atoms with Gasteiger partial charge in [0.15, 0.2) is 0 Å². The van der Waals surface area contributed by atoms with E-state index in [1.165, 1.54) is 12.8 Å². The molecule has 1 aliphatic heterocycles. The Balaban J connectivity index is 1.61. The highest BCUT2D eigenvalue weighted by Gasteiger charge is 2.43. The Bertz CT molecular complexity index is 878. The number of aromatic nitrogens is 2. The van der Waals surface area contributed by atoms with Gasteiger partial charge in [-0.2, -0.15) is 0 Å². The smallest absolute Gasteiger partial charge is 0.230 e. The van der Waals surface area contributed by atoms with Gasteiger partial charge in [-0.1, -0.05) is 6.42 Å². The highest BCUT2D eigenvalue weighted by Crippen LogP contribution is 2.38. The standard InChI is InChI=1S/C22H27FN4O2/c1-13-21(14(2)26-12-25-13)18-9-15(27-22(28)17-10-19(17)23)6-7-20(18)29-11-16-5-3-4-8-24-16/h6-7,9,12,16-17,19,24H,3-5,8,10-11H2,1-2H3,(H,27,28)/t16-,17-,19-/m1/s1. The maximum atomic E-state index is 13.2. The van der Waals surface area contributed by atoms with Crippen LogP contribution in [0.1, 0.15) is 37.1 Å². The van der Waals surface area contributed by atoms with Crippen molar-refractivity contribution in [1.82, 2.24) is 15.3 Å². The molecule has 2 fully saturated rings. The minimum Gasteiger partial charge on any atom is -0.491 e. The fourth-order valence-corrected chi connectivity index (χ4v) is 3.84. The maximum absolute atomic E-state index is 13.2. The number of carbonyl (C=O) groups is 1. The summed E-state index contributed by atoms with van der Waals surface area (Å²) in [5.74, 6) is -0.0808. The minimum absolute atomic E-state index is 0.277. The summed E-state index contributed by atoms with van der Waals surface area (Å²) in [6.07, 6.45) is 4.34. The molecule has 2 aromatic rings. The van der Waals surface area contributed by atoms with Crippen molar-refractivity contribution in [2.75, 3.05) is 18.5 Å². The fourth-order valence-electron chi connectivity index (χ4n) is 3.84. The topological polar surface area (TPSA) is 76.1 Å². The summed E-state index contributed by atoms with van der Waals surface area (Å²) >= 11 is 0. The molecule has 0 unspecified atom stereocenters. The largest absolute Gasteiger partial charge is 0.491 e. The van der Waals surface area contributed by atoms with Gasteiger partial charge >= 0.3 is 0 Å². The molecule has 2 N–H and O–H groups in total. The van der Waals surface area contributed by atoms with Crippen molar-refractivity contribution in [3.63, 3.8) is 0 Å². The van der Waals surface area contributed by atoms with Gasteiger partial charge in [-0.05, 0) is 57.9 Å². The zero-order valence-corrected chi connectivity index (χ0v) is 16.9. The van der Waals surface area contributed by atoms with Crippen LogP contribution >= 0.6 is 0 Å². The number of nitrogens with zero attached hydrogens (tertiary/aromatic N) is 2. The normalized spacial score (nSPS) is 23.5. The Kier molecular flexibility index (Phi) is 5.76. The number of hydrogen-bond acceptors (Lipinski definition) is 5. The van der Waals surface area contributed by atoms with Crippen LogP contribution in [-0.2, 0) is 4.79 Å². The average molecular weight is 398 g/mol. The summed E-state index contributed by atoms with van der Waals surface area (Å²) in [5.41, 5.74) is 4.03. The van der Waals surface area contributed by atoms with E-state index in [2.05, 4.69) is 20.6 Å². The number of aryl methyl sites for hydroxylation is 2. The molecular formula is C22H27FN4O2. The number of piperidine rings is 1. The molecule has 1 amide bonds. The van der Waals surface area contributed by atoms with E-state index in [0.717, 1.165) is 41.2 Å². The third-order valence-electron chi connectivity index (χ3n) is 5.64. The molecule has 7 heteroatoms. The van der Waals surface area contributed by atoms with Gasteiger partial charge in [0.25, 0.3) is 0 Å². The summed E-state index contributed by atoms with van der Waals surface area (Å²) in [5, 5.41) is 6.32. The number of rotatable bonds is 6. The van der Waals surface area contributed by atoms with Gasteiger partial charge in [0, 0.05) is 34.2 Å². The number of ether oxygens (including phenoxy) is 1. The molecule has 29 heavy (non-hydrogen) atoms. The summed E-state index contributed by atoms with van der Waals surface area (Å²) in [6, 6.07) is 5.87. The van der Waals surface area contributed by atoms with Gasteiger partial charge in [-0.15, -0.1) is 0 Å². The van der Waals surface area contributed by atoms with Crippen molar-refractivity contribution in [2.24, 2.45) is 5.92 Å². The molecular weight excluding hydrogens is 371 g/mol. The first-order valence-corrected chi connectivity index (χ1v) is 10.3. The molecule has 1 saturated carbocycles. The molecule has 154 valence electrons. The summed E-state index contributed by atoms with van der Waals surface area (Å²) in [7, 11) is 0. The third-order valence-corrected chi connectivity index (χ3v) is 5.64. The van der Waals surface area contributed by atoms with Gasteiger partial charge in [-0.25, -0.2) is 14.4 Å². The number of nitrogens with one attached hydrogen (secondary N) is 2. The third kappa shape index (κ3) is 4.56. The molecule has 6 nitrogen and oxygen atoms in total. The Hall–Kier alpha value is -2.54. The first-order valence-electron chi connectivity index (χ1n) is 10.3. The van der Waals surface area contributed by atoms with Crippen LogP contribution in [0.2, 0.25) is 0 Å². The van der Waals surface area contributed by atoms with E-state index < -0.39 is 12.1 Å². The maximum Gasteiger partial charge on any atom is 0.230 e. The number of benzene rings is 1. The van der Waals surface area contributed by atoms with Crippen molar-refractivity contribution >= 4 is 11.6 Å². The monoisotopic (exact) mass is 398 g/mol. The van der Waals surface area contributed by atoms with E-state index in [9.17, 15) is 9.18 Å². The highest BCUT2D eigenvalue weighted by molar-refractivity contribution is 5.95. The van der Waals surface area contributed by atoms with Gasteiger partial charge in [0.2, 0.25) is 5.91 Å². The lowest BCUT2D eigenvalue weighted by Crippen LogP contribution is -2.38. The van der Waals surface area contributed by atoms with E-state index in [0.29, 0.717) is 24.8 Å². The van der Waals surface area contributed by atoms with Crippen LogP contribution in [0.4, 0.5) is 10.1 Å². The first-order chi connectivity index (χ1) is 14.0. The number of hydrogen-bond donors (Lipinski definition) is 2. The lowest BCUT2D eigenvalue weighted by atomic mass is 10.0. The Morgan fingerprint density at radius 1 is 1.28 bits per heavy atom. The van der Waals surface area contributed by atoms with E-state index in [-0.39, 0.29) is 5.91 Å². The summed E-state index contributed by atoms with van der Waals surface area (Å²) in [6.45, 7) is 5.46. The molecule has 1 aromatic heterocycles. The van der Waals surface area contributed by atoms with Gasteiger partial charge in [0.05, 0.1) is 5.92 Å². The van der Waals surface area contributed by atoms with Gasteiger partial charge < -0.3 is 15.4 Å². The molecule has 1 saturated heterocycles. The molecule has 2 heterocycles. The van der Waals surface area contributed by atoms with Crippen molar-refractivity contribution < 1.29 is 13.9 Å². The summed E-state index contributed by atoms with van der Waals surface area (Å²) in [4.78, 5) is 20.8. The van der Waals surface area contributed by atoms with E-state index in [1.54, 1.807) is 12.4 Å². The Labute approximate surface area is 170 Å². The second kappa shape index (κ2) is 8.45. The molecule has 4 rings (SSSR count). The highest BCUT2D eigenvalue weighted by atomic mass is 19.1. The Morgan fingerprint density at radius 3 is 2.69 bits per heavy atom. The van der Waals surface area contributed by atoms with Crippen LogP contribution in [0.5, 0.6) is 5.75 Å². The van der Waals surface area contributed by atoms with Crippen LogP contribution in [0, 0.1) is 19.8 Å². The predicted octanol–water partition coefficient (Wildman–Crippen LogP) is 3.58. The van der Waals surface area contributed by atoms with Crippen molar-refractivity contribution in [3.8, 4) is 16.9 Å². The van der Waals surface area contributed by atoms with E-state index in [4.69, 9.17) is 4.74 Å². The zero-order valence-electron chi connectivity index (χ0n) is 16.9. The predicted molar refractivity (Wildman–Crippen MR) is 110 cm³/mol. The fraction of sp³-hybridized carbons (Fsp3) is 0.500. The number of amides is 1. The van der Waals surface area contributed by atoms with Crippen LogP contribution in [0.3, 0.4) is 0 Å². The molecule has 0 radical (unpaired) electrons. The molecule has 2 aliphatic rings. The number of anilines is 1. The lowest BCUT2D eigenvalue weighted by Gasteiger charge is -2.24. The molecule has 0 spiro atoms. The molecule has 1 aromatic carbocycles. The van der Waals surface area contributed by atoms with Crippen LogP contribution in [0.15, 0.2) is 24.5 Å². The molecule has 3 atom stereocenters. The zero-order chi connectivity index (χ0) is 20.4. The number of carbonyl (C=O) groups excluding carboxylic acids is 1. The van der Waals surface area contributed by atoms with Gasteiger partial charge in [0.1, 0.15) is 24.9 Å². The second-order valence-corrected chi connectivity index (χ2v) is 7.94. The Morgan fingerprint density at radius 2 is 2.03 bits per heavy atom. The first kappa shape index (κ1) is 19.8. The van der Waals surface area contributed by atoms with E-state index >= 15 is 0 Å². The minimum atomic E-state index is -1.02. The molecule has 1 aliphatic carbocycles. The quantitative estimate of drug-likeness (QED) is 0.778. The number of halogens is 1. The molecule has 0 bridgehead atoms. The van der Waals surface area contributed by atoms with Crippen LogP contribution in [-0.4, -0.2) is 41.2 Å². The van der Waals surface area contributed by atoms with Crippen molar-refractivity contribution in [3.05, 3.63) is 35.9 Å². The van der Waals surface area contributed by atoms with E-state index in [1.807, 2.05) is 26.0 Å². The van der Waals surface area contributed by atoms with Crippen LogP contribution in [0.25, 0.3) is 11.1 Å². The van der Waals surface area contributed by atoms with Gasteiger partial charge in [-0.3, -0.25) is 4.79 Å².